The molecule has 2 aromatic carbocycles. The number of halogens is 6. The highest BCUT2D eigenvalue weighted by Gasteiger charge is 2.37. The van der Waals surface area contributed by atoms with Crippen LogP contribution in [0, 0.1) is 0 Å². The quantitative estimate of drug-likeness (QED) is 0.282. The third-order valence-electron chi connectivity index (χ3n) is 4.94. The van der Waals surface area contributed by atoms with Gasteiger partial charge in [0.05, 0.1) is 0 Å². The van der Waals surface area contributed by atoms with Crippen LogP contribution in [0.1, 0.15) is 30.9 Å². The van der Waals surface area contributed by atoms with Gasteiger partial charge in [0.2, 0.25) is 0 Å². The number of alkyl halides is 6. The summed E-state index contributed by atoms with van der Waals surface area (Å²) in [5.74, 6) is -0.855. The first-order valence-electron chi connectivity index (χ1n) is 9.59. The van der Waals surface area contributed by atoms with Crippen LogP contribution in [0.5, 0.6) is 11.5 Å². The molecule has 0 amide bonds. The van der Waals surface area contributed by atoms with Crippen molar-refractivity contribution in [2.45, 2.75) is 37.9 Å². The van der Waals surface area contributed by atoms with Crippen LogP contribution in [0.2, 0.25) is 0 Å². The Morgan fingerprint density at radius 2 is 1.31 bits per heavy atom. The highest BCUT2D eigenvalue weighted by atomic mass is 19.4. The number of allylic oxidation sites excluding steroid dienone is 4. The molecule has 0 atom stereocenters. The van der Waals surface area contributed by atoms with Crippen molar-refractivity contribution >= 4 is 0 Å². The SMILES string of the molecule is C=C/C=C(\C=C)CC(CC)(c1cccc(OC(F)(F)F)c1)c1cccc(OC(F)(F)F)c1. The summed E-state index contributed by atoms with van der Waals surface area (Å²) in [6.07, 6.45) is -4.40. The number of ether oxygens (including phenoxy) is 2. The van der Waals surface area contributed by atoms with E-state index in [2.05, 4.69) is 22.6 Å². The molecule has 0 bridgehead atoms. The molecule has 0 aromatic heterocycles. The Balaban J connectivity index is 2.69. The van der Waals surface area contributed by atoms with Crippen molar-refractivity contribution in [1.82, 2.24) is 0 Å². The molecular weight excluding hydrogens is 434 g/mol. The van der Waals surface area contributed by atoms with E-state index in [-0.39, 0.29) is 6.42 Å². The second kappa shape index (κ2) is 9.97. The number of rotatable bonds is 9. The minimum absolute atomic E-state index is 0.240. The summed E-state index contributed by atoms with van der Waals surface area (Å²) >= 11 is 0. The van der Waals surface area contributed by atoms with Crippen molar-refractivity contribution < 1.29 is 35.8 Å². The summed E-state index contributed by atoms with van der Waals surface area (Å²) in [4.78, 5) is 0. The summed E-state index contributed by atoms with van der Waals surface area (Å²) in [6, 6.07) is 10.8. The Morgan fingerprint density at radius 3 is 1.66 bits per heavy atom. The second-order valence-corrected chi connectivity index (χ2v) is 6.95. The topological polar surface area (TPSA) is 18.5 Å². The fourth-order valence-corrected chi connectivity index (χ4v) is 3.58. The maximum Gasteiger partial charge on any atom is 0.573 e. The largest absolute Gasteiger partial charge is 0.573 e. The Morgan fingerprint density at radius 1 is 0.844 bits per heavy atom. The summed E-state index contributed by atoms with van der Waals surface area (Å²) in [5, 5.41) is 0. The van der Waals surface area contributed by atoms with E-state index in [1.165, 1.54) is 30.3 Å². The van der Waals surface area contributed by atoms with Crippen LogP contribution >= 0.6 is 0 Å². The highest BCUT2D eigenvalue weighted by molar-refractivity contribution is 5.47. The summed E-state index contributed by atoms with van der Waals surface area (Å²) in [7, 11) is 0. The van der Waals surface area contributed by atoms with Gasteiger partial charge in [-0.25, -0.2) is 0 Å². The molecule has 0 N–H and O–H groups in total. The molecule has 2 nitrogen and oxygen atoms in total. The lowest BCUT2D eigenvalue weighted by molar-refractivity contribution is -0.275. The lowest BCUT2D eigenvalue weighted by Crippen LogP contribution is -2.28. The molecule has 0 fully saturated rings. The van der Waals surface area contributed by atoms with Gasteiger partial charge in [0.1, 0.15) is 11.5 Å². The van der Waals surface area contributed by atoms with Crippen molar-refractivity contribution in [2.75, 3.05) is 0 Å². The van der Waals surface area contributed by atoms with E-state index in [1.807, 2.05) is 0 Å². The third-order valence-corrected chi connectivity index (χ3v) is 4.94. The van der Waals surface area contributed by atoms with E-state index < -0.39 is 29.6 Å². The van der Waals surface area contributed by atoms with Gasteiger partial charge in [-0.05, 0) is 53.8 Å². The fraction of sp³-hybridized carbons (Fsp3) is 0.250. The van der Waals surface area contributed by atoms with Gasteiger partial charge in [-0.3, -0.25) is 0 Å². The van der Waals surface area contributed by atoms with Crippen LogP contribution < -0.4 is 9.47 Å². The molecule has 0 aliphatic carbocycles. The van der Waals surface area contributed by atoms with Crippen molar-refractivity contribution in [2.24, 2.45) is 0 Å². The van der Waals surface area contributed by atoms with Gasteiger partial charge >= 0.3 is 12.7 Å². The van der Waals surface area contributed by atoms with E-state index in [4.69, 9.17) is 0 Å². The van der Waals surface area contributed by atoms with Crippen LogP contribution in [0.15, 0.2) is 85.5 Å². The second-order valence-electron chi connectivity index (χ2n) is 6.95. The number of hydrogen-bond acceptors (Lipinski definition) is 2. The van der Waals surface area contributed by atoms with Crippen LogP contribution in [-0.4, -0.2) is 12.7 Å². The first-order valence-corrected chi connectivity index (χ1v) is 9.59. The fourth-order valence-electron chi connectivity index (χ4n) is 3.58. The molecule has 172 valence electrons. The van der Waals surface area contributed by atoms with E-state index in [0.717, 1.165) is 12.1 Å². The minimum Gasteiger partial charge on any atom is -0.406 e. The lowest BCUT2D eigenvalue weighted by Gasteiger charge is -2.35. The summed E-state index contributed by atoms with van der Waals surface area (Å²) in [5.41, 5.74) is 0.565. The van der Waals surface area contributed by atoms with E-state index in [1.54, 1.807) is 31.2 Å². The molecule has 2 aromatic rings. The lowest BCUT2D eigenvalue weighted by atomic mass is 9.68. The molecule has 0 saturated carbocycles. The average molecular weight is 456 g/mol. The highest BCUT2D eigenvalue weighted by Crippen LogP contribution is 2.44. The van der Waals surface area contributed by atoms with Gasteiger partial charge in [0.25, 0.3) is 0 Å². The summed E-state index contributed by atoms with van der Waals surface area (Å²) in [6.45, 7) is 9.19. The standard InChI is InChI=1S/C24H22F6O2/c1-4-9-17(5-2)16-22(6-3,18-10-7-12-20(14-18)31-23(25,26)27)19-11-8-13-21(15-19)32-24(28,29)30/h4-5,7-15H,1-2,6,16H2,3H3/b17-9+. The maximum absolute atomic E-state index is 12.8. The molecule has 0 spiro atoms. The monoisotopic (exact) mass is 456 g/mol. The number of benzene rings is 2. The molecule has 0 unspecified atom stereocenters. The van der Waals surface area contributed by atoms with Gasteiger partial charge in [0.15, 0.2) is 0 Å². The average Bonchev–Trinajstić information content (AvgIpc) is 2.69. The number of hydrogen-bond donors (Lipinski definition) is 0. The van der Waals surface area contributed by atoms with Crippen LogP contribution in [0.4, 0.5) is 26.3 Å². The zero-order chi connectivity index (χ0) is 24.0. The van der Waals surface area contributed by atoms with E-state index >= 15 is 0 Å². The minimum atomic E-state index is -4.89. The predicted molar refractivity (Wildman–Crippen MR) is 110 cm³/mol. The van der Waals surface area contributed by atoms with Crippen LogP contribution in [-0.2, 0) is 5.41 Å². The molecular formula is C24H22F6O2. The molecule has 0 heterocycles. The third kappa shape index (κ3) is 6.67. The molecule has 0 aliphatic heterocycles. The van der Waals surface area contributed by atoms with Crippen LogP contribution in [0.3, 0.4) is 0 Å². The zero-order valence-corrected chi connectivity index (χ0v) is 17.3. The molecule has 2 rings (SSSR count). The molecule has 8 heteroatoms. The zero-order valence-electron chi connectivity index (χ0n) is 17.3. The van der Waals surface area contributed by atoms with Gasteiger partial charge < -0.3 is 9.47 Å². The van der Waals surface area contributed by atoms with E-state index in [0.29, 0.717) is 23.1 Å². The van der Waals surface area contributed by atoms with Crippen molar-refractivity contribution in [3.63, 3.8) is 0 Å². The van der Waals surface area contributed by atoms with E-state index in [9.17, 15) is 26.3 Å². The van der Waals surface area contributed by atoms with Gasteiger partial charge in [-0.2, -0.15) is 0 Å². The molecule has 32 heavy (non-hydrogen) atoms. The molecule has 0 aliphatic rings. The molecule has 0 radical (unpaired) electrons. The normalized spacial score (nSPS) is 12.9. The van der Waals surface area contributed by atoms with Gasteiger partial charge in [0, 0.05) is 5.41 Å². The predicted octanol–water partition coefficient (Wildman–Crippen LogP) is 7.87. The molecule has 0 saturated heterocycles. The van der Waals surface area contributed by atoms with Gasteiger partial charge in [-0.1, -0.05) is 62.6 Å². The Labute approximate surface area is 182 Å². The van der Waals surface area contributed by atoms with Crippen molar-refractivity contribution in [3.05, 3.63) is 96.6 Å². The Bertz CT molecular complexity index is 913. The first kappa shape index (κ1) is 25.1. The van der Waals surface area contributed by atoms with Crippen LogP contribution in [0.25, 0.3) is 0 Å². The van der Waals surface area contributed by atoms with Crippen molar-refractivity contribution in [1.29, 1.82) is 0 Å². The van der Waals surface area contributed by atoms with Crippen molar-refractivity contribution in [3.8, 4) is 11.5 Å². The smallest absolute Gasteiger partial charge is 0.406 e. The maximum atomic E-state index is 12.8. The Kier molecular flexibility index (Phi) is 7.83. The Hall–Kier alpha value is -3.16. The van der Waals surface area contributed by atoms with Gasteiger partial charge in [-0.15, -0.1) is 26.3 Å². The summed E-state index contributed by atoms with van der Waals surface area (Å²) < 4.78 is 84.8. The first-order chi connectivity index (χ1) is 14.9.